The lowest BCUT2D eigenvalue weighted by Crippen LogP contribution is -2.58. The van der Waals surface area contributed by atoms with E-state index in [2.05, 4.69) is 20.9 Å². The Balaban J connectivity index is 5.45. The minimum absolute atomic E-state index is 0.0492. The quantitative estimate of drug-likeness (QED) is 0.0445. The zero-order valence-corrected chi connectivity index (χ0v) is 22.8. The summed E-state index contributed by atoms with van der Waals surface area (Å²) in [6, 6.07) is -3.93. The van der Waals surface area contributed by atoms with Gasteiger partial charge in [-0.05, 0) is 70.4 Å². The van der Waals surface area contributed by atoms with Crippen LogP contribution in [-0.4, -0.2) is 78.6 Å². The van der Waals surface area contributed by atoms with Crippen LogP contribution < -0.4 is 44.6 Å². The van der Waals surface area contributed by atoms with Crippen molar-refractivity contribution < 1.29 is 24.3 Å². The molecule has 5 unspecified atom stereocenters. The molecule has 0 aromatic rings. The molecule has 220 valence electrons. The van der Waals surface area contributed by atoms with E-state index in [-0.39, 0.29) is 24.7 Å². The maximum absolute atomic E-state index is 13.3. The summed E-state index contributed by atoms with van der Waals surface area (Å²) in [7, 11) is 0. The first-order valence-electron chi connectivity index (χ1n) is 13.3. The number of guanidine groups is 1. The number of hydrogen-bond donors (Lipinski definition) is 9. The second-order valence-corrected chi connectivity index (χ2v) is 9.46. The van der Waals surface area contributed by atoms with Crippen molar-refractivity contribution in [2.75, 3.05) is 19.6 Å². The highest BCUT2D eigenvalue weighted by Gasteiger charge is 2.32. The molecule has 0 saturated carbocycles. The molecule has 14 N–H and O–H groups in total. The van der Waals surface area contributed by atoms with Crippen molar-refractivity contribution >= 4 is 29.7 Å². The number of aliphatic carboxylic acids is 1. The summed E-state index contributed by atoms with van der Waals surface area (Å²) in [4.78, 5) is 54.5. The summed E-state index contributed by atoms with van der Waals surface area (Å²) >= 11 is 0. The molecule has 0 fully saturated rings. The summed E-state index contributed by atoms with van der Waals surface area (Å²) in [6.07, 6.45) is 4.16. The van der Waals surface area contributed by atoms with E-state index in [0.29, 0.717) is 64.6 Å². The Morgan fingerprint density at radius 2 is 1.34 bits per heavy atom. The molecule has 38 heavy (non-hydrogen) atoms. The van der Waals surface area contributed by atoms with Crippen LogP contribution in [-0.2, 0) is 19.2 Å². The Hall–Kier alpha value is -2.97. The van der Waals surface area contributed by atoms with Gasteiger partial charge in [0.1, 0.15) is 18.1 Å². The topological polar surface area (TPSA) is 267 Å². The summed E-state index contributed by atoms with van der Waals surface area (Å²) < 4.78 is 0. The zero-order chi connectivity index (χ0) is 29.1. The van der Waals surface area contributed by atoms with E-state index in [0.717, 1.165) is 0 Å². The molecule has 0 aliphatic heterocycles. The van der Waals surface area contributed by atoms with E-state index < -0.39 is 47.9 Å². The van der Waals surface area contributed by atoms with Crippen LogP contribution in [0.25, 0.3) is 0 Å². The number of rotatable bonds is 21. The van der Waals surface area contributed by atoms with Crippen molar-refractivity contribution in [1.82, 2.24) is 16.0 Å². The maximum Gasteiger partial charge on any atom is 0.326 e. The smallest absolute Gasteiger partial charge is 0.326 e. The molecular formula is C24H49N9O5. The second-order valence-electron chi connectivity index (χ2n) is 9.46. The third kappa shape index (κ3) is 14.7. The molecule has 14 heteroatoms. The van der Waals surface area contributed by atoms with Crippen molar-refractivity contribution in [2.24, 2.45) is 39.6 Å². The molecule has 0 spiro atoms. The Bertz CT molecular complexity index is 762. The van der Waals surface area contributed by atoms with E-state index in [1.165, 1.54) is 0 Å². The predicted octanol–water partition coefficient (Wildman–Crippen LogP) is -1.79. The number of nitrogens with two attached hydrogens (primary N) is 5. The van der Waals surface area contributed by atoms with E-state index in [4.69, 9.17) is 28.7 Å². The van der Waals surface area contributed by atoms with Gasteiger partial charge in [-0.15, -0.1) is 0 Å². The van der Waals surface area contributed by atoms with Crippen molar-refractivity contribution in [3.63, 3.8) is 0 Å². The van der Waals surface area contributed by atoms with Crippen LogP contribution in [0.3, 0.4) is 0 Å². The van der Waals surface area contributed by atoms with Crippen molar-refractivity contribution in [1.29, 1.82) is 0 Å². The Morgan fingerprint density at radius 3 is 1.84 bits per heavy atom. The highest BCUT2D eigenvalue weighted by molar-refractivity contribution is 5.94. The molecule has 0 aromatic carbocycles. The second kappa shape index (κ2) is 20.1. The molecule has 3 amide bonds. The Labute approximate surface area is 225 Å². The molecule has 0 heterocycles. The van der Waals surface area contributed by atoms with Gasteiger partial charge < -0.3 is 49.7 Å². The first kappa shape index (κ1) is 35.0. The number of carbonyl (C=O) groups is 4. The lowest BCUT2D eigenvalue weighted by molar-refractivity contribution is -0.142. The van der Waals surface area contributed by atoms with E-state index in [1.807, 2.05) is 6.92 Å². The van der Waals surface area contributed by atoms with E-state index in [1.54, 1.807) is 6.92 Å². The zero-order valence-electron chi connectivity index (χ0n) is 22.8. The monoisotopic (exact) mass is 543 g/mol. The van der Waals surface area contributed by atoms with Gasteiger partial charge in [0.2, 0.25) is 17.7 Å². The number of amides is 3. The van der Waals surface area contributed by atoms with Crippen LogP contribution in [0.1, 0.15) is 71.6 Å². The molecule has 0 aliphatic rings. The molecule has 0 aromatic heterocycles. The Morgan fingerprint density at radius 1 is 0.789 bits per heavy atom. The number of unbranched alkanes of at least 4 members (excludes halogenated alkanes) is 2. The normalized spacial score (nSPS) is 14.9. The number of carboxylic acid groups (broad SMARTS) is 1. The van der Waals surface area contributed by atoms with Crippen LogP contribution in [0.2, 0.25) is 0 Å². The van der Waals surface area contributed by atoms with Gasteiger partial charge >= 0.3 is 5.97 Å². The predicted molar refractivity (Wildman–Crippen MR) is 147 cm³/mol. The molecule has 0 saturated heterocycles. The highest BCUT2D eigenvalue weighted by atomic mass is 16.4. The first-order valence-corrected chi connectivity index (χ1v) is 13.3. The average molecular weight is 544 g/mol. The van der Waals surface area contributed by atoms with Crippen molar-refractivity contribution in [3.05, 3.63) is 0 Å². The number of aliphatic imine (C=N–C) groups is 1. The van der Waals surface area contributed by atoms with Gasteiger partial charge in [-0.3, -0.25) is 19.4 Å². The third-order valence-corrected chi connectivity index (χ3v) is 6.24. The van der Waals surface area contributed by atoms with Gasteiger partial charge in [-0.2, -0.15) is 0 Å². The first-order chi connectivity index (χ1) is 18.0. The molecule has 0 radical (unpaired) electrons. The van der Waals surface area contributed by atoms with Crippen LogP contribution in [0.5, 0.6) is 0 Å². The van der Waals surface area contributed by atoms with Crippen LogP contribution in [0.15, 0.2) is 4.99 Å². The minimum Gasteiger partial charge on any atom is -0.480 e. The summed E-state index contributed by atoms with van der Waals surface area (Å²) in [6.45, 7) is 4.82. The lowest BCUT2D eigenvalue weighted by Gasteiger charge is -2.28. The fraction of sp³-hybridized carbons (Fsp3) is 0.792. The molecule has 5 atom stereocenters. The molecule has 14 nitrogen and oxygen atoms in total. The number of carboxylic acids is 1. The Kier molecular flexibility index (Phi) is 18.5. The van der Waals surface area contributed by atoms with Gasteiger partial charge in [0, 0.05) is 6.54 Å². The van der Waals surface area contributed by atoms with Gasteiger partial charge in [0.05, 0.1) is 6.04 Å². The van der Waals surface area contributed by atoms with Gasteiger partial charge in [-0.25, -0.2) is 4.79 Å². The van der Waals surface area contributed by atoms with Crippen LogP contribution in [0, 0.1) is 5.92 Å². The van der Waals surface area contributed by atoms with Gasteiger partial charge in [0.15, 0.2) is 5.96 Å². The van der Waals surface area contributed by atoms with E-state index >= 15 is 0 Å². The SMILES string of the molecule is CCC(C)C(NC(=O)C(N)CCCN=C(N)N)C(=O)NC(CCCCN)C(=O)NC(CCCCN)C(=O)O. The van der Waals surface area contributed by atoms with Crippen LogP contribution >= 0.6 is 0 Å². The summed E-state index contributed by atoms with van der Waals surface area (Å²) in [5.74, 6) is -3.15. The average Bonchev–Trinajstić information content (AvgIpc) is 2.87. The summed E-state index contributed by atoms with van der Waals surface area (Å²) in [5, 5.41) is 17.5. The number of nitrogens with one attached hydrogen (secondary N) is 3. The van der Waals surface area contributed by atoms with Crippen LogP contribution in [0.4, 0.5) is 0 Å². The largest absolute Gasteiger partial charge is 0.480 e. The van der Waals surface area contributed by atoms with Crippen molar-refractivity contribution in [3.8, 4) is 0 Å². The fourth-order valence-electron chi connectivity index (χ4n) is 3.66. The molecular weight excluding hydrogens is 494 g/mol. The molecule has 0 aliphatic carbocycles. The minimum atomic E-state index is -1.17. The number of nitrogens with zero attached hydrogens (tertiary/aromatic N) is 1. The van der Waals surface area contributed by atoms with Gasteiger partial charge in [-0.1, -0.05) is 20.3 Å². The van der Waals surface area contributed by atoms with E-state index in [9.17, 15) is 24.3 Å². The lowest BCUT2D eigenvalue weighted by atomic mass is 9.96. The molecule has 0 bridgehead atoms. The number of carbonyl (C=O) groups excluding carboxylic acids is 3. The van der Waals surface area contributed by atoms with Crippen molar-refractivity contribution in [2.45, 2.75) is 95.8 Å². The maximum atomic E-state index is 13.3. The third-order valence-electron chi connectivity index (χ3n) is 6.24. The molecule has 0 rings (SSSR count). The summed E-state index contributed by atoms with van der Waals surface area (Å²) in [5.41, 5.74) is 27.6. The number of hydrogen-bond acceptors (Lipinski definition) is 8. The van der Waals surface area contributed by atoms with Gasteiger partial charge in [0.25, 0.3) is 0 Å². The fourth-order valence-corrected chi connectivity index (χ4v) is 3.66. The standard InChI is InChI=1S/C24H49N9O5/c1-3-15(2)19(33-20(34)16(27)9-8-14-30-24(28)29)22(36)31-17(10-4-6-12-25)21(35)32-18(23(37)38)11-5-7-13-26/h15-19H,3-14,25-27H2,1-2H3,(H,31,36)(H,32,35)(H,33,34)(H,37,38)(H4,28,29,30). The highest BCUT2D eigenvalue weighted by Crippen LogP contribution is 2.11.